The second-order valence-electron chi connectivity index (χ2n) is 5.47. The molecule has 0 bridgehead atoms. The van der Waals surface area contributed by atoms with E-state index in [1.54, 1.807) is 0 Å². The largest absolute Gasteiger partial charge is 0.341 e. The standard InChI is InChI=1S/C17H20N2O.ClH/c1-19(15-9-10-18-12-15)17(20)11-14-7-4-6-13-5-2-3-8-16(13)14;/h2-8,15,18H,9-12H2,1H3;1H. The number of likely N-dealkylation sites (N-methyl/N-ethyl adjacent to an activating group) is 1. The number of fused-ring (bicyclic) bond motifs is 1. The molecule has 1 heterocycles. The van der Waals surface area contributed by atoms with E-state index in [9.17, 15) is 4.79 Å². The van der Waals surface area contributed by atoms with Crippen LogP contribution < -0.4 is 5.32 Å². The number of hydrogen-bond acceptors (Lipinski definition) is 2. The minimum Gasteiger partial charge on any atom is -0.341 e. The van der Waals surface area contributed by atoms with E-state index in [-0.39, 0.29) is 18.3 Å². The number of nitrogens with one attached hydrogen (secondary N) is 1. The Kier molecular flexibility index (Phi) is 5.21. The van der Waals surface area contributed by atoms with Crippen molar-refractivity contribution in [2.45, 2.75) is 18.9 Å². The summed E-state index contributed by atoms with van der Waals surface area (Å²) in [7, 11) is 1.92. The van der Waals surface area contributed by atoms with E-state index in [0.717, 1.165) is 25.1 Å². The molecular weight excluding hydrogens is 284 g/mol. The minimum atomic E-state index is 0. The Morgan fingerprint density at radius 1 is 1.24 bits per heavy atom. The van der Waals surface area contributed by atoms with Gasteiger partial charge >= 0.3 is 0 Å². The van der Waals surface area contributed by atoms with Crippen LogP contribution in [0.4, 0.5) is 0 Å². The molecule has 0 aliphatic carbocycles. The quantitative estimate of drug-likeness (QED) is 0.945. The van der Waals surface area contributed by atoms with Gasteiger partial charge in [0, 0.05) is 19.6 Å². The van der Waals surface area contributed by atoms with Crippen molar-refractivity contribution < 1.29 is 4.79 Å². The van der Waals surface area contributed by atoms with Gasteiger partial charge < -0.3 is 10.2 Å². The zero-order valence-corrected chi connectivity index (χ0v) is 13.0. The first kappa shape index (κ1) is 15.8. The molecule has 2 aromatic rings. The van der Waals surface area contributed by atoms with Gasteiger partial charge in [-0.1, -0.05) is 42.5 Å². The molecule has 1 aliphatic rings. The van der Waals surface area contributed by atoms with Gasteiger partial charge in [-0.05, 0) is 29.3 Å². The predicted molar refractivity (Wildman–Crippen MR) is 88.9 cm³/mol. The van der Waals surface area contributed by atoms with Gasteiger partial charge in [-0.3, -0.25) is 4.79 Å². The molecule has 21 heavy (non-hydrogen) atoms. The highest BCUT2D eigenvalue weighted by atomic mass is 35.5. The van der Waals surface area contributed by atoms with Crippen molar-refractivity contribution in [3.8, 4) is 0 Å². The fourth-order valence-corrected chi connectivity index (χ4v) is 2.91. The molecule has 112 valence electrons. The first-order valence-electron chi connectivity index (χ1n) is 7.19. The van der Waals surface area contributed by atoms with E-state index in [4.69, 9.17) is 0 Å². The Bertz CT molecular complexity index is 618. The topological polar surface area (TPSA) is 32.3 Å². The third kappa shape index (κ3) is 3.36. The number of benzene rings is 2. The second-order valence-corrected chi connectivity index (χ2v) is 5.47. The molecule has 1 fully saturated rings. The molecule has 0 radical (unpaired) electrons. The maximum Gasteiger partial charge on any atom is 0.227 e. The number of nitrogens with zero attached hydrogens (tertiary/aromatic N) is 1. The molecule has 4 heteroatoms. The highest BCUT2D eigenvalue weighted by Gasteiger charge is 2.23. The van der Waals surface area contributed by atoms with Crippen LogP contribution >= 0.6 is 12.4 Å². The van der Waals surface area contributed by atoms with Crippen molar-refractivity contribution in [2.75, 3.05) is 20.1 Å². The van der Waals surface area contributed by atoms with Gasteiger partial charge in [-0.15, -0.1) is 12.4 Å². The second kappa shape index (κ2) is 6.92. The Labute approximate surface area is 131 Å². The van der Waals surface area contributed by atoms with Crippen molar-refractivity contribution in [3.05, 3.63) is 48.0 Å². The van der Waals surface area contributed by atoms with Crippen LogP contribution in [0.3, 0.4) is 0 Å². The Morgan fingerprint density at radius 2 is 2.00 bits per heavy atom. The zero-order valence-electron chi connectivity index (χ0n) is 12.2. The van der Waals surface area contributed by atoms with Crippen LogP contribution in [-0.2, 0) is 11.2 Å². The summed E-state index contributed by atoms with van der Waals surface area (Å²) in [6, 6.07) is 14.8. The van der Waals surface area contributed by atoms with Gasteiger partial charge in [0.15, 0.2) is 0 Å². The fraction of sp³-hybridized carbons (Fsp3) is 0.353. The summed E-state index contributed by atoms with van der Waals surface area (Å²) in [5.41, 5.74) is 1.12. The average molecular weight is 305 g/mol. The van der Waals surface area contributed by atoms with Crippen molar-refractivity contribution in [2.24, 2.45) is 0 Å². The van der Waals surface area contributed by atoms with E-state index in [0.29, 0.717) is 12.5 Å². The molecule has 0 saturated carbocycles. The molecule has 1 aliphatic heterocycles. The predicted octanol–water partition coefficient (Wildman–Crippen LogP) is 2.62. The van der Waals surface area contributed by atoms with Gasteiger partial charge in [0.25, 0.3) is 0 Å². The minimum absolute atomic E-state index is 0. The summed E-state index contributed by atoms with van der Waals surface area (Å²) in [5, 5.41) is 5.69. The van der Waals surface area contributed by atoms with Crippen LogP contribution in [0.1, 0.15) is 12.0 Å². The number of halogens is 1. The van der Waals surface area contributed by atoms with Gasteiger partial charge in [0.1, 0.15) is 0 Å². The molecule has 3 rings (SSSR count). The summed E-state index contributed by atoms with van der Waals surface area (Å²) < 4.78 is 0. The maximum atomic E-state index is 12.4. The highest BCUT2D eigenvalue weighted by Crippen LogP contribution is 2.20. The van der Waals surface area contributed by atoms with Crippen molar-refractivity contribution in [3.63, 3.8) is 0 Å². The fourth-order valence-electron chi connectivity index (χ4n) is 2.91. The lowest BCUT2D eigenvalue weighted by Crippen LogP contribution is -2.39. The van der Waals surface area contributed by atoms with E-state index >= 15 is 0 Å². The number of rotatable bonds is 3. The van der Waals surface area contributed by atoms with Crippen LogP contribution in [0.25, 0.3) is 10.8 Å². The van der Waals surface area contributed by atoms with Crippen LogP contribution in [0, 0.1) is 0 Å². The third-order valence-corrected chi connectivity index (χ3v) is 4.20. The molecule has 1 amide bonds. The highest BCUT2D eigenvalue weighted by molar-refractivity contribution is 5.90. The average Bonchev–Trinajstić information content (AvgIpc) is 3.01. The van der Waals surface area contributed by atoms with E-state index in [1.807, 2.05) is 30.1 Å². The maximum absolute atomic E-state index is 12.4. The lowest BCUT2D eigenvalue weighted by molar-refractivity contribution is -0.130. The van der Waals surface area contributed by atoms with Crippen molar-refractivity contribution >= 4 is 29.1 Å². The van der Waals surface area contributed by atoms with Crippen LogP contribution in [0.2, 0.25) is 0 Å². The first-order chi connectivity index (χ1) is 9.75. The van der Waals surface area contributed by atoms with Crippen LogP contribution in [0.5, 0.6) is 0 Å². The number of carbonyl (C=O) groups excluding carboxylic acids is 1. The normalized spacial score (nSPS) is 17.5. The van der Waals surface area contributed by atoms with Gasteiger partial charge in [0.05, 0.1) is 6.42 Å². The van der Waals surface area contributed by atoms with Gasteiger partial charge in [0.2, 0.25) is 5.91 Å². The molecule has 1 unspecified atom stereocenters. The Hall–Kier alpha value is -1.58. The van der Waals surface area contributed by atoms with Crippen molar-refractivity contribution in [1.29, 1.82) is 0 Å². The smallest absolute Gasteiger partial charge is 0.227 e. The monoisotopic (exact) mass is 304 g/mol. The number of hydrogen-bond donors (Lipinski definition) is 1. The molecular formula is C17H21ClN2O. The molecule has 2 aromatic carbocycles. The SMILES string of the molecule is CN(C(=O)Cc1cccc2ccccc12)C1CCNC1.Cl. The zero-order chi connectivity index (χ0) is 13.9. The first-order valence-corrected chi connectivity index (χ1v) is 7.19. The number of carbonyl (C=O) groups is 1. The molecule has 1 N–H and O–H groups in total. The molecule has 1 saturated heterocycles. The summed E-state index contributed by atoms with van der Waals surface area (Å²) in [6.45, 7) is 1.92. The summed E-state index contributed by atoms with van der Waals surface area (Å²) in [4.78, 5) is 14.3. The van der Waals surface area contributed by atoms with Crippen LogP contribution in [-0.4, -0.2) is 37.0 Å². The van der Waals surface area contributed by atoms with E-state index in [2.05, 4.69) is 29.6 Å². The summed E-state index contributed by atoms with van der Waals surface area (Å²) >= 11 is 0. The summed E-state index contributed by atoms with van der Waals surface area (Å²) in [6.07, 6.45) is 1.53. The molecule has 3 nitrogen and oxygen atoms in total. The van der Waals surface area contributed by atoms with Gasteiger partial charge in [-0.2, -0.15) is 0 Å². The van der Waals surface area contributed by atoms with E-state index in [1.165, 1.54) is 10.8 Å². The lowest BCUT2D eigenvalue weighted by Gasteiger charge is -2.24. The summed E-state index contributed by atoms with van der Waals surface area (Å²) in [5.74, 6) is 0.204. The molecule has 0 spiro atoms. The van der Waals surface area contributed by atoms with Gasteiger partial charge in [-0.25, -0.2) is 0 Å². The van der Waals surface area contributed by atoms with Crippen molar-refractivity contribution in [1.82, 2.24) is 10.2 Å². The Morgan fingerprint density at radius 3 is 2.76 bits per heavy atom. The number of amides is 1. The van der Waals surface area contributed by atoms with Crippen LogP contribution in [0.15, 0.2) is 42.5 Å². The lowest BCUT2D eigenvalue weighted by atomic mass is 10.0. The van der Waals surface area contributed by atoms with E-state index < -0.39 is 0 Å². The third-order valence-electron chi connectivity index (χ3n) is 4.20. The molecule has 0 aromatic heterocycles. The Balaban J connectivity index is 0.00000161. The molecule has 1 atom stereocenters.